The first-order valence-corrected chi connectivity index (χ1v) is 13.9. The first kappa shape index (κ1) is 32.4. The van der Waals surface area contributed by atoms with Gasteiger partial charge in [0.05, 0.1) is 50.6 Å². The fraction of sp³-hybridized carbons (Fsp3) is 0.406. The second-order valence-corrected chi connectivity index (χ2v) is 9.54. The van der Waals surface area contributed by atoms with Crippen LogP contribution >= 0.6 is 0 Å². The Labute approximate surface area is 245 Å². The predicted octanol–water partition coefficient (Wildman–Crippen LogP) is 5.25. The van der Waals surface area contributed by atoms with E-state index in [0.29, 0.717) is 60.0 Å². The van der Waals surface area contributed by atoms with Crippen molar-refractivity contribution in [2.24, 2.45) is 0 Å². The Morgan fingerprint density at radius 2 is 1.36 bits per heavy atom. The lowest BCUT2D eigenvalue weighted by Gasteiger charge is -2.15. The first-order chi connectivity index (χ1) is 20.2. The summed E-state index contributed by atoms with van der Waals surface area (Å²) in [6.07, 6.45) is 1.27. The van der Waals surface area contributed by atoms with Crippen molar-refractivity contribution < 1.29 is 48.3 Å². The van der Waals surface area contributed by atoms with Crippen LogP contribution in [0, 0.1) is 0 Å². The fourth-order valence-electron chi connectivity index (χ4n) is 4.38. The third kappa shape index (κ3) is 9.19. The number of phenols is 1. The molecule has 0 unspecified atom stereocenters. The molecule has 0 spiro atoms. The van der Waals surface area contributed by atoms with Crippen LogP contribution in [0.3, 0.4) is 0 Å². The SMILES string of the molecule is CCCc1c(OCCOCCOCCOc2ccc3ccc(OCCC(=O)O)cc3c2C(C)=O)ccc(C(C)=O)c1O. The minimum absolute atomic E-state index is 0.0238. The van der Waals surface area contributed by atoms with Crippen molar-refractivity contribution in [3.63, 3.8) is 0 Å². The number of hydrogen-bond donors (Lipinski definition) is 2. The average molecular weight is 583 g/mol. The number of ketones is 2. The predicted molar refractivity (Wildman–Crippen MR) is 156 cm³/mol. The molecule has 42 heavy (non-hydrogen) atoms. The third-order valence-corrected chi connectivity index (χ3v) is 6.35. The number of aliphatic carboxylic acids is 1. The lowest BCUT2D eigenvalue weighted by atomic mass is 10.0. The second-order valence-electron chi connectivity index (χ2n) is 9.54. The average Bonchev–Trinajstić information content (AvgIpc) is 2.94. The van der Waals surface area contributed by atoms with E-state index in [-0.39, 0.29) is 55.7 Å². The zero-order chi connectivity index (χ0) is 30.5. The van der Waals surface area contributed by atoms with Crippen molar-refractivity contribution in [3.05, 3.63) is 59.2 Å². The lowest BCUT2D eigenvalue weighted by molar-refractivity contribution is -0.137. The molecule has 0 amide bonds. The van der Waals surface area contributed by atoms with Gasteiger partial charge in [0.2, 0.25) is 0 Å². The number of aromatic hydroxyl groups is 1. The maximum Gasteiger partial charge on any atom is 0.306 e. The van der Waals surface area contributed by atoms with Gasteiger partial charge in [-0.25, -0.2) is 0 Å². The van der Waals surface area contributed by atoms with Gasteiger partial charge in [0.15, 0.2) is 11.6 Å². The van der Waals surface area contributed by atoms with Gasteiger partial charge in [0.1, 0.15) is 36.2 Å². The van der Waals surface area contributed by atoms with Crippen LogP contribution in [0.2, 0.25) is 0 Å². The summed E-state index contributed by atoms with van der Waals surface area (Å²) < 4.78 is 28.3. The van der Waals surface area contributed by atoms with Crippen LogP contribution in [0.1, 0.15) is 59.9 Å². The first-order valence-electron chi connectivity index (χ1n) is 13.9. The number of ether oxygens (including phenoxy) is 5. The Kier molecular flexibility index (Phi) is 12.6. The van der Waals surface area contributed by atoms with Crippen LogP contribution in [0.4, 0.5) is 0 Å². The minimum atomic E-state index is -0.949. The molecule has 0 heterocycles. The number of carboxylic acid groups (broad SMARTS) is 1. The summed E-state index contributed by atoms with van der Waals surface area (Å²) in [6.45, 7) is 6.70. The van der Waals surface area contributed by atoms with Gasteiger partial charge in [-0.15, -0.1) is 0 Å². The zero-order valence-corrected chi connectivity index (χ0v) is 24.3. The van der Waals surface area contributed by atoms with E-state index in [9.17, 15) is 19.5 Å². The Balaban J connectivity index is 1.41. The normalized spacial score (nSPS) is 10.9. The Hall–Kier alpha value is -4.15. The summed E-state index contributed by atoms with van der Waals surface area (Å²) in [7, 11) is 0. The quantitative estimate of drug-likeness (QED) is 0.142. The van der Waals surface area contributed by atoms with Gasteiger partial charge < -0.3 is 33.9 Å². The molecule has 0 aliphatic heterocycles. The zero-order valence-electron chi connectivity index (χ0n) is 24.3. The van der Waals surface area contributed by atoms with E-state index in [4.69, 9.17) is 28.8 Å². The Morgan fingerprint density at radius 1 is 0.738 bits per heavy atom. The van der Waals surface area contributed by atoms with E-state index < -0.39 is 5.97 Å². The van der Waals surface area contributed by atoms with E-state index in [0.717, 1.165) is 11.8 Å². The van der Waals surface area contributed by atoms with Crippen LogP contribution in [-0.4, -0.2) is 74.0 Å². The van der Waals surface area contributed by atoms with Crippen LogP contribution < -0.4 is 14.2 Å². The molecule has 0 aromatic heterocycles. The molecule has 0 aliphatic rings. The Bertz CT molecular complexity index is 1380. The molecule has 0 radical (unpaired) electrons. The number of Topliss-reactive ketones (excluding diaryl/α,β-unsaturated/α-hetero) is 2. The highest BCUT2D eigenvalue weighted by molar-refractivity contribution is 6.09. The van der Waals surface area contributed by atoms with Crippen molar-refractivity contribution in [2.45, 2.75) is 40.0 Å². The molecule has 226 valence electrons. The molecule has 0 saturated heterocycles. The monoisotopic (exact) mass is 582 g/mol. The smallest absolute Gasteiger partial charge is 0.306 e. The number of fused-ring (bicyclic) bond motifs is 1. The van der Waals surface area contributed by atoms with Gasteiger partial charge in [-0.1, -0.05) is 25.5 Å². The van der Waals surface area contributed by atoms with Gasteiger partial charge in [-0.2, -0.15) is 0 Å². The number of benzene rings is 3. The molecule has 3 rings (SSSR count). The summed E-state index contributed by atoms with van der Waals surface area (Å²) in [5.74, 6) is 0.109. The molecule has 0 saturated carbocycles. The summed E-state index contributed by atoms with van der Waals surface area (Å²) >= 11 is 0. The Morgan fingerprint density at radius 3 is 1.98 bits per heavy atom. The lowest BCUT2D eigenvalue weighted by Crippen LogP contribution is -2.14. The van der Waals surface area contributed by atoms with Crippen molar-refractivity contribution >= 4 is 28.3 Å². The molecule has 10 nitrogen and oxygen atoms in total. The minimum Gasteiger partial charge on any atom is -0.507 e. The number of phenolic OH excluding ortho intramolecular Hbond substituents is 1. The standard InChI is InChI=1S/C32H38O10/c1-4-5-26-28(11-9-25(21(2)33)32(26)37)41-18-16-38-14-15-39-17-19-42-29-10-7-23-6-8-24(40-13-12-30(35)36)20-27(23)31(29)22(3)34/h6-11,20,37H,4-5,12-19H2,1-3H3,(H,35,36). The van der Waals surface area contributed by atoms with Crippen LogP contribution in [0.15, 0.2) is 42.5 Å². The molecule has 0 aliphatic carbocycles. The highest BCUT2D eigenvalue weighted by Gasteiger charge is 2.16. The molecule has 0 atom stereocenters. The summed E-state index contributed by atoms with van der Waals surface area (Å²) in [5, 5.41) is 20.7. The van der Waals surface area contributed by atoms with Crippen molar-refractivity contribution in [3.8, 4) is 23.0 Å². The summed E-state index contributed by atoms with van der Waals surface area (Å²) in [6, 6.07) is 12.1. The van der Waals surface area contributed by atoms with E-state index in [1.54, 1.807) is 30.3 Å². The molecular weight excluding hydrogens is 544 g/mol. The largest absolute Gasteiger partial charge is 0.507 e. The molecule has 0 bridgehead atoms. The fourth-order valence-corrected chi connectivity index (χ4v) is 4.38. The third-order valence-electron chi connectivity index (χ3n) is 6.35. The number of carbonyl (C=O) groups is 3. The van der Waals surface area contributed by atoms with Gasteiger partial charge >= 0.3 is 5.97 Å². The van der Waals surface area contributed by atoms with Crippen LogP contribution in [0.25, 0.3) is 10.8 Å². The number of rotatable bonds is 19. The number of carbonyl (C=O) groups excluding carboxylic acids is 2. The van der Waals surface area contributed by atoms with Crippen LogP contribution in [-0.2, 0) is 20.7 Å². The van der Waals surface area contributed by atoms with E-state index in [1.165, 1.54) is 13.8 Å². The maximum atomic E-state index is 12.5. The topological polar surface area (TPSA) is 138 Å². The van der Waals surface area contributed by atoms with Gasteiger partial charge in [-0.05, 0) is 61.4 Å². The molecular formula is C32H38O10. The molecule has 10 heteroatoms. The molecule has 3 aromatic rings. The number of hydrogen-bond acceptors (Lipinski definition) is 9. The number of carboxylic acids is 1. The van der Waals surface area contributed by atoms with E-state index in [2.05, 4.69) is 0 Å². The van der Waals surface area contributed by atoms with Gasteiger partial charge in [0.25, 0.3) is 0 Å². The highest BCUT2D eigenvalue weighted by Crippen LogP contribution is 2.33. The maximum absolute atomic E-state index is 12.5. The van der Waals surface area contributed by atoms with Crippen molar-refractivity contribution in [1.82, 2.24) is 0 Å². The molecule has 3 aromatic carbocycles. The van der Waals surface area contributed by atoms with Crippen LogP contribution in [0.5, 0.6) is 23.0 Å². The van der Waals surface area contributed by atoms with Gasteiger partial charge in [-0.3, -0.25) is 14.4 Å². The van der Waals surface area contributed by atoms with E-state index in [1.807, 2.05) is 19.1 Å². The van der Waals surface area contributed by atoms with Gasteiger partial charge in [0, 0.05) is 5.56 Å². The molecule has 0 fully saturated rings. The molecule has 2 N–H and O–H groups in total. The second kappa shape index (κ2) is 16.3. The van der Waals surface area contributed by atoms with Crippen molar-refractivity contribution in [1.29, 1.82) is 0 Å². The van der Waals surface area contributed by atoms with Crippen molar-refractivity contribution in [2.75, 3.05) is 46.2 Å². The summed E-state index contributed by atoms with van der Waals surface area (Å²) in [5.41, 5.74) is 1.33. The summed E-state index contributed by atoms with van der Waals surface area (Å²) in [4.78, 5) is 34.9. The van der Waals surface area contributed by atoms with E-state index >= 15 is 0 Å². The highest BCUT2D eigenvalue weighted by atomic mass is 16.6.